The van der Waals surface area contributed by atoms with Crippen molar-refractivity contribution in [2.45, 2.75) is 64.4 Å². The number of aliphatic hydroxyl groups excluding tert-OH is 2. The smallest absolute Gasteiger partial charge is 0.459 e. The number of benzene rings is 1. The molecule has 1 saturated heterocycles. The molecule has 0 aliphatic carbocycles. The molecule has 12 nitrogen and oxygen atoms in total. The highest BCUT2D eigenvalue weighted by Crippen LogP contribution is 2.53. The molecular formula is C23H32F2N3O9P. The quantitative estimate of drug-likeness (QED) is 0.230. The van der Waals surface area contributed by atoms with Crippen LogP contribution in [0.25, 0.3) is 0 Å². The fraction of sp³-hybridized carbons (Fsp3) is 0.565. The van der Waals surface area contributed by atoms with Crippen molar-refractivity contribution < 1.29 is 51.7 Å². The molecule has 1 aromatic carbocycles. The number of hydrogen-bond acceptors (Lipinski definition) is 10. The number of hydrogen-bond donors (Lipinski definition) is 4. The number of carbonyl (C=O) groups excluding carboxylic acids is 2. The molecule has 15 heteroatoms. The van der Waals surface area contributed by atoms with Gasteiger partial charge in [-0.1, -0.05) is 18.2 Å². The zero-order valence-corrected chi connectivity index (χ0v) is 22.1. The van der Waals surface area contributed by atoms with Crippen LogP contribution in [0.15, 0.2) is 42.6 Å². The Morgan fingerprint density at radius 3 is 2.53 bits per heavy atom. The lowest BCUT2D eigenvalue weighted by Crippen LogP contribution is -2.58. The van der Waals surface area contributed by atoms with Crippen LogP contribution in [0.4, 0.5) is 8.78 Å². The van der Waals surface area contributed by atoms with Gasteiger partial charge in [-0.15, -0.1) is 0 Å². The van der Waals surface area contributed by atoms with E-state index in [4.69, 9.17) is 18.5 Å². The maximum Gasteiger partial charge on any atom is 0.459 e. The number of esters is 1. The van der Waals surface area contributed by atoms with Gasteiger partial charge in [0.15, 0.2) is 6.23 Å². The largest absolute Gasteiger partial charge is 0.462 e. The Hall–Kier alpha value is -2.61. The lowest BCUT2D eigenvalue weighted by molar-refractivity contribution is -0.201. The average Bonchev–Trinajstić information content (AvgIpc) is 3.03. The molecule has 2 aliphatic rings. The number of aliphatic hydroxyl groups is 2. The highest BCUT2D eigenvalue weighted by Gasteiger charge is 2.69. The standard InChI is InChI=1S/C23H32F2N3O9P/c1-14(2)35-19(31)15(3)27-38(33,37-16-8-6-5-7-9-16)34-12-17-22(4,13-29)23(24,25)20(36-17)28-11-10-18(30)26-21(28)32/h5-11,14-15,17,20-21,29,32H,12-13H2,1-4H3,(H,26,30)(H,27,33)/t15-,17+,20+,21?,22?,38?/m0/s1. The van der Waals surface area contributed by atoms with Gasteiger partial charge in [-0.25, -0.2) is 13.3 Å². The molecule has 212 valence electrons. The van der Waals surface area contributed by atoms with Crippen LogP contribution in [0.3, 0.4) is 0 Å². The number of para-hydroxylation sites is 1. The highest BCUT2D eigenvalue weighted by molar-refractivity contribution is 7.52. The van der Waals surface area contributed by atoms with E-state index in [1.165, 1.54) is 19.1 Å². The second-order valence-corrected chi connectivity index (χ2v) is 11.0. The van der Waals surface area contributed by atoms with Gasteiger partial charge in [0, 0.05) is 12.3 Å². The van der Waals surface area contributed by atoms with Crippen molar-refractivity contribution in [2.75, 3.05) is 13.2 Å². The summed E-state index contributed by atoms with van der Waals surface area (Å²) in [5.74, 6) is -5.13. The van der Waals surface area contributed by atoms with Crippen LogP contribution in [0.1, 0.15) is 27.7 Å². The van der Waals surface area contributed by atoms with Crippen molar-refractivity contribution in [2.24, 2.45) is 5.41 Å². The second kappa shape index (κ2) is 11.6. The van der Waals surface area contributed by atoms with Gasteiger partial charge in [-0.3, -0.25) is 14.1 Å². The van der Waals surface area contributed by atoms with Crippen LogP contribution in [0, 0.1) is 5.41 Å². The molecule has 0 aromatic heterocycles. The first-order valence-electron chi connectivity index (χ1n) is 11.8. The fourth-order valence-corrected chi connectivity index (χ4v) is 5.26. The van der Waals surface area contributed by atoms with E-state index >= 15 is 8.78 Å². The lowest BCUT2D eigenvalue weighted by atomic mass is 9.80. The number of ether oxygens (including phenoxy) is 2. The topological polar surface area (TPSA) is 156 Å². The summed E-state index contributed by atoms with van der Waals surface area (Å²) in [7, 11) is -4.42. The zero-order valence-electron chi connectivity index (χ0n) is 21.2. The minimum atomic E-state index is -4.42. The molecule has 0 saturated carbocycles. The Labute approximate surface area is 218 Å². The second-order valence-electron chi connectivity index (χ2n) is 9.35. The number of nitrogens with one attached hydrogen (secondary N) is 2. The molecule has 38 heavy (non-hydrogen) atoms. The summed E-state index contributed by atoms with van der Waals surface area (Å²) in [5, 5.41) is 24.6. The first-order valence-corrected chi connectivity index (χ1v) is 13.3. The van der Waals surface area contributed by atoms with Crippen molar-refractivity contribution in [3.63, 3.8) is 0 Å². The van der Waals surface area contributed by atoms with Crippen molar-refractivity contribution in [1.82, 2.24) is 15.3 Å². The Morgan fingerprint density at radius 2 is 1.95 bits per heavy atom. The van der Waals surface area contributed by atoms with Gasteiger partial charge in [-0.2, -0.15) is 5.09 Å². The first-order chi connectivity index (χ1) is 17.7. The van der Waals surface area contributed by atoms with Gasteiger partial charge >= 0.3 is 19.6 Å². The SMILES string of the molecule is CC(C)OC(=O)[C@H](C)NP(=O)(OC[C@H]1O[C@@H](N2C=CC(=O)NC2O)C(F)(F)C1(C)CO)Oc1ccccc1. The van der Waals surface area contributed by atoms with Crippen LogP contribution in [-0.2, 0) is 28.2 Å². The summed E-state index contributed by atoms with van der Waals surface area (Å²) >= 11 is 0. The van der Waals surface area contributed by atoms with E-state index in [2.05, 4.69) is 10.4 Å². The molecule has 6 atom stereocenters. The Morgan fingerprint density at radius 1 is 1.29 bits per heavy atom. The summed E-state index contributed by atoms with van der Waals surface area (Å²) in [4.78, 5) is 24.4. The van der Waals surface area contributed by atoms with Crippen LogP contribution >= 0.6 is 7.75 Å². The molecule has 2 heterocycles. The van der Waals surface area contributed by atoms with Crippen LogP contribution < -0.4 is 14.9 Å². The molecular weight excluding hydrogens is 531 g/mol. The molecule has 1 aromatic rings. The number of rotatable bonds is 11. The molecule has 0 radical (unpaired) electrons. The Bertz CT molecular complexity index is 1080. The minimum Gasteiger partial charge on any atom is -0.462 e. The molecule has 0 spiro atoms. The number of amides is 1. The van der Waals surface area contributed by atoms with Crippen LogP contribution in [0.2, 0.25) is 0 Å². The van der Waals surface area contributed by atoms with Gasteiger partial charge in [0.05, 0.1) is 30.8 Å². The Kier molecular flexibility index (Phi) is 9.17. The maximum absolute atomic E-state index is 15.6. The number of carbonyl (C=O) groups is 2. The van der Waals surface area contributed by atoms with E-state index in [0.29, 0.717) is 4.90 Å². The molecule has 3 unspecified atom stereocenters. The lowest BCUT2D eigenvalue weighted by Gasteiger charge is -2.38. The van der Waals surface area contributed by atoms with Gasteiger partial charge in [-0.05, 0) is 39.8 Å². The van der Waals surface area contributed by atoms with E-state index in [9.17, 15) is 24.4 Å². The summed E-state index contributed by atoms with van der Waals surface area (Å²) < 4.78 is 66.4. The third-order valence-corrected chi connectivity index (χ3v) is 7.69. The van der Waals surface area contributed by atoms with Gasteiger partial charge in [0.1, 0.15) is 11.8 Å². The first kappa shape index (κ1) is 29.9. The van der Waals surface area contributed by atoms with E-state index in [0.717, 1.165) is 19.2 Å². The van der Waals surface area contributed by atoms with E-state index in [-0.39, 0.29) is 5.75 Å². The number of halogens is 2. The third-order valence-electron chi connectivity index (χ3n) is 6.05. The molecule has 2 aliphatic heterocycles. The predicted octanol–water partition coefficient (Wildman–Crippen LogP) is 1.70. The molecule has 3 rings (SSSR count). The predicted molar refractivity (Wildman–Crippen MR) is 128 cm³/mol. The maximum atomic E-state index is 15.6. The zero-order chi connectivity index (χ0) is 28.3. The fourth-order valence-electron chi connectivity index (χ4n) is 3.77. The van der Waals surface area contributed by atoms with Crippen molar-refractivity contribution in [3.8, 4) is 5.75 Å². The van der Waals surface area contributed by atoms with Crippen LogP contribution in [-0.4, -0.2) is 77.0 Å². The summed E-state index contributed by atoms with van der Waals surface area (Å²) in [5.41, 5.74) is -2.27. The molecule has 4 N–H and O–H groups in total. The van der Waals surface area contributed by atoms with Crippen LogP contribution in [0.5, 0.6) is 5.75 Å². The van der Waals surface area contributed by atoms with Gasteiger partial charge in [0.25, 0.3) is 0 Å². The van der Waals surface area contributed by atoms with Crippen molar-refractivity contribution >= 4 is 19.6 Å². The minimum absolute atomic E-state index is 0.102. The number of alkyl halides is 2. The van der Waals surface area contributed by atoms with E-state index in [1.54, 1.807) is 32.0 Å². The van der Waals surface area contributed by atoms with Crippen molar-refractivity contribution in [3.05, 3.63) is 42.6 Å². The average molecular weight is 563 g/mol. The summed E-state index contributed by atoms with van der Waals surface area (Å²) in [6.45, 7) is 3.82. The normalized spacial score (nSPS) is 29.0. The number of nitrogens with zero attached hydrogens (tertiary/aromatic N) is 1. The monoisotopic (exact) mass is 563 g/mol. The molecule has 1 amide bonds. The van der Waals surface area contributed by atoms with E-state index < -0.39 is 75.0 Å². The highest BCUT2D eigenvalue weighted by atomic mass is 31.2. The van der Waals surface area contributed by atoms with Gasteiger partial charge < -0.3 is 34.4 Å². The van der Waals surface area contributed by atoms with E-state index in [1.807, 2.05) is 0 Å². The molecule has 1 fully saturated rings. The Balaban J connectivity index is 1.84. The van der Waals surface area contributed by atoms with Gasteiger partial charge in [0.2, 0.25) is 12.3 Å². The third kappa shape index (κ3) is 6.33. The molecule has 0 bridgehead atoms. The van der Waals surface area contributed by atoms with Crippen molar-refractivity contribution in [1.29, 1.82) is 0 Å². The summed E-state index contributed by atoms with van der Waals surface area (Å²) in [6.07, 6.45) is -4.11. The summed E-state index contributed by atoms with van der Waals surface area (Å²) in [6, 6.07) is 6.65.